The van der Waals surface area contributed by atoms with Crippen LogP contribution in [-0.2, 0) is 6.42 Å². The monoisotopic (exact) mass is 167 g/mol. The van der Waals surface area contributed by atoms with Gasteiger partial charge in [0.25, 0.3) is 0 Å². The van der Waals surface area contributed by atoms with E-state index < -0.39 is 0 Å². The molecule has 0 radical (unpaired) electrons. The average Bonchev–Trinajstić information content (AvgIpc) is 2.58. The molecule has 0 aliphatic carbocycles. The lowest BCUT2D eigenvalue weighted by Crippen LogP contribution is -1.98. The molecule has 12 heavy (non-hydrogen) atoms. The zero-order valence-electron chi connectivity index (χ0n) is 6.36. The van der Waals surface area contributed by atoms with Gasteiger partial charge < -0.3 is 10.8 Å². The second kappa shape index (κ2) is 2.49. The van der Waals surface area contributed by atoms with E-state index in [2.05, 4.69) is 15.3 Å². The Labute approximate surface area is 68.0 Å². The van der Waals surface area contributed by atoms with E-state index in [1.807, 2.05) is 0 Å². The number of rotatable bonds is 2. The van der Waals surface area contributed by atoms with Gasteiger partial charge in [0.05, 0.1) is 12.3 Å². The summed E-state index contributed by atoms with van der Waals surface area (Å²) in [6, 6.07) is 0. The Morgan fingerprint density at radius 3 is 3.17 bits per heavy atom. The van der Waals surface area contributed by atoms with Crippen molar-refractivity contribution in [2.75, 3.05) is 12.3 Å². The SMILES string of the molecule is Nc1c[nH]n2c(CCO)nnc12. The molecule has 2 aromatic heterocycles. The molecular formula is C6H9N5O. The van der Waals surface area contributed by atoms with E-state index in [-0.39, 0.29) is 6.61 Å². The van der Waals surface area contributed by atoms with Crippen LogP contribution >= 0.6 is 0 Å². The lowest BCUT2D eigenvalue weighted by molar-refractivity contribution is 0.295. The summed E-state index contributed by atoms with van der Waals surface area (Å²) >= 11 is 0. The van der Waals surface area contributed by atoms with Crippen molar-refractivity contribution in [2.24, 2.45) is 0 Å². The number of aliphatic hydroxyl groups is 1. The van der Waals surface area contributed by atoms with Crippen LogP contribution in [0.25, 0.3) is 5.65 Å². The highest BCUT2D eigenvalue weighted by molar-refractivity contribution is 5.62. The molecule has 2 aromatic rings. The third kappa shape index (κ3) is 0.850. The van der Waals surface area contributed by atoms with Crippen LogP contribution in [0.15, 0.2) is 6.20 Å². The van der Waals surface area contributed by atoms with Crippen LogP contribution in [0, 0.1) is 0 Å². The Kier molecular flexibility index (Phi) is 1.47. The first-order chi connectivity index (χ1) is 5.83. The fourth-order valence-corrected chi connectivity index (χ4v) is 1.10. The highest BCUT2D eigenvalue weighted by Gasteiger charge is 2.07. The van der Waals surface area contributed by atoms with Crippen LogP contribution in [0.5, 0.6) is 0 Å². The van der Waals surface area contributed by atoms with Crippen molar-refractivity contribution in [3.8, 4) is 0 Å². The summed E-state index contributed by atoms with van der Waals surface area (Å²) in [5.74, 6) is 0.684. The molecule has 0 unspecified atom stereocenters. The van der Waals surface area contributed by atoms with Gasteiger partial charge >= 0.3 is 0 Å². The highest BCUT2D eigenvalue weighted by Crippen LogP contribution is 2.10. The molecule has 0 saturated carbocycles. The average molecular weight is 167 g/mol. The maximum absolute atomic E-state index is 8.68. The van der Waals surface area contributed by atoms with Crippen molar-refractivity contribution in [3.63, 3.8) is 0 Å². The van der Waals surface area contributed by atoms with Gasteiger partial charge in [0.15, 0.2) is 11.5 Å². The van der Waals surface area contributed by atoms with Gasteiger partial charge in [0.1, 0.15) is 0 Å². The Morgan fingerprint density at radius 1 is 1.58 bits per heavy atom. The van der Waals surface area contributed by atoms with E-state index in [4.69, 9.17) is 10.8 Å². The van der Waals surface area contributed by atoms with E-state index in [0.29, 0.717) is 23.6 Å². The Balaban J connectivity index is 2.55. The molecule has 0 aliphatic heterocycles. The Bertz CT molecular complexity index is 389. The normalized spacial score (nSPS) is 11.1. The molecule has 0 amide bonds. The molecule has 0 bridgehead atoms. The topological polar surface area (TPSA) is 92.2 Å². The number of hydrogen-bond donors (Lipinski definition) is 3. The van der Waals surface area contributed by atoms with Crippen LogP contribution in [0.4, 0.5) is 5.69 Å². The van der Waals surface area contributed by atoms with Gasteiger partial charge in [-0.05, 0) is 0 Å². The molecule has 6 heteroatoms. The second-order valence-corrected chi connectivity index (χ2v) is 2.48. The van der Waals surface area contributed by atoms with Crippen LogP contribution in [0.1, 0.15) is 5.82 Å². The number of aliphatic hydroxyl groups excluding tert-OH is 1. The second-order valence-electron chi connectivity index (χ2n) is 2.48. The van der Waals surface area contributed by atoms with Gasteiger partial charge in [-0.15, -0.1) is 10.2 Å². The fraction of sp³-hybridized carbons (Fsp3) is 0.333. The third-order valence-corrected chi connectivity index (χ3v) is 1.67. The Hall–Kier alpha value is -1.56. The van der Waals surface area contributed by atoms with Crippen molar-refractivity contribution in [1.29, 1.82) is 0 Å². The number of fused-ring (bicyclic) bond motifs is 1. The van der Waals surface area contributed by atoms with Gasteiger partial charge in [-0.3, -0.25) is 5.10 Å². The van der Waals surface area contributed by atoms with Crippen molar-refractivity contribution in [1.82, 2.24) is 19.8 Å². The minimum atomic E-state index is 0.0553. The van der Waals surface area contributed by atoms with E-state index in [1.54, 1.807) is 10.7 Å². The van der Waals surface area contributed by atoms with Gasteiger partial charge in [-0.2, -0.15) is 0 Å². The number of nitrogens with one attached hydrogen (secondary N) is 1. The summed E-state index contributed by atoms with van der Waals surface area (Å²) in [6.45, 7) is 0.0553. The van der Waals surface area contributed by atoms with Gasteiger partial charge in [0.2, 0.25) is 0 Å². The summed E-state index contributed by atoms with van der Waals surface area (Å²) in [4.78, 5) is 0. The minimum Gasteiger partial charge on any atom is -0.396 e. The van der Waals surface area contributed by atoms with Gasteiger partial charge in [-0.1, -0.05) is 0 Å². The molecule has 2 heterocycles. The zero-order chi connectivity index (χ0) is 8.55. The highest BCUT2D eigenvalue weighted by atomic mass is 16.3. The first-order valence-corrected chi connectivity index (χ1v) is 3.60. The molecule has 2 rings (SSSR count). The summed E-state index contributed by atoms with van der Waals surface area (Å²) in [6.07, 6.45) is 2.12. The van der Waals surface area contributed by atoms with Crippen LogP contribution in [-0.4, -0.2) is 31.5 Å². The number of aromatic nitrogens is 4. The maximum atomic E-state index is 8.68. The van der Waals surface area contributed by atoms with Crippen LogP contribution in [0.3, 0.4) is 0 Å². The number of hydrogen-bond acceptors (Lipinski definition) is 4. The smallest absolute Gasteiger partial charge is 0.200 e. The summed E-state index contributed by atoms with van der Waals surface area (Å²) in [5, 5.41) is 19.2. The predicted octanol–water partition coefficient (Wildman–Crippen LogP) is -0.826. The molecule has 0 fully saturated rings. The van der Waals surface area contributed by atoms with Crippen LogP contribution in [0.2, 0.25) is 0 Å². The molecule has 4 N–H and O–H groups in total. The van der Waals surface area contributed by atoms with E-state index in [1.165, 1.54) is 0 Å². The zero-order valence-corrected chi connectivity index (χ0v) is 6.36. The lowest BCUT2D eigenvalue weighted by Gasteiger charge is -1.90. The van der Waals surface area contributed by atoms with Gasteiger partial charge in [-0.25, -0.2) is 4.52 Å². The molecular weight excluding hydrogens is 158 g/mol. The molecule has 6 nitrogen and oxygen atoms in total. The standard InChI is InChI=1S/C6H9N5O/c7-4-3-8-11-5(1-2-12)9-10-6(4)11/h3,8,12H,1-2,7H2. The van der Waals surface area contributed by atoms with Gasteiger partial charge in [0, 0.05) is 12.6 Å². The maximum Gasteiger partial charge on any atom is 0.200 e. The van der Waals surface area contributed by atoms with Crippen molar-refractivity contribution in [2.45, 2.75) is 6.42 Å². The molecule has 0 spiro atoms. The Morgan fingerprint density at radius 2 is 2.42 bits per heavy atom. The van der Waals surface area contributed by atoms with E-state index in [9.17, 15) is 0 Å². The number of nitrogens with zero attached hydrogens (tertiary/aromatic N) is 3. The van der Waals surface area contributed by atoms with E-state index >= 15 is 0 Å². The number of nitrogens with two attached hydrogens (primary N) is 1. The summed E-state index contributed by atoms with van der Waals surface area (Å²) in [7, 11) is 0. The summed E-state index contributed by atoms with van der Waals surface area (Å²) in [5.41, 5.74) is 6.74. The predicted molar refractivity (Wildman–Crippen MR) is 42.5 cm³/mol. The molecule has 0 aliphatic rings. The number of anilines is 1. The molecule has 0 atom stereocenters. The first kappa shape index (κ1) is 7.11. The largest absolute Gasteiger partial charge is 0.396 e. The van der Waals surface area contributed by atoms with Crippen molar-refractivity contribution in [3.05, 3.63) is 12.0 Å². The molecule has 0 saturated heterocycles. The lowest BCUT2D eigenvalue weighted by atomic mass is 10.4. The fourth-order valence-electron chi connectivity index (χ4n) is 1.10. The number of H-pyrrole nitrogens is 1. The number of nitrogen functional groups attached to an aromatic ring is 1. The number of aromatic amines is 1. The van der Waals surface area contributed by atoms with Crippen molar-refractivity contribution < 1.29 is 5.11 Å². The third-order valence-electron chi connectivity index (χ3n) is 1.67. The molecule has 64 valence electrons. The van der Waals surface area contributed by atoms with E-state index in [0.717, 1.165) is 0 Å². The quantitative estimate of drug-likeness (QED) is 0.544. The van der Waals surface area contributed by atoms with Crippen molar-refractivity contribution >= 4 is 11.3 Å². The van der Waals surface area contributed by atoms with Crippen LogP contribution < -0.4 is 5.73 Å². The first-order valence-electron chi connectivity index (χ1n) is 3.60. The minimum absolute atomic E-state index is 0.0553. The summed E-state index contributed by atoms with van der Waals surface area (Å²) < 4.78 is 1.66. The molecule has 0 aromatic carbocycles.